The second kappa shape index (κ2) is 7.84. The van der Waals surface area contributed by atoms with Crippen molar-refractivity contribution in [2.75, 3.05) is 20.2 Å². The number of likely N-dealkylation sites (tertiary alicyclic amines) is 1. The molecule has 0 amide bonds. The van der Waals surface area contributed by atoms with Crippen molar-refractivity contribution >= 4 is 11.9 Å². The number of aliphatic carboxylic acids is 1. The lowest BCUT2D eigenvalue weighted by molar-refractivity contribution is -0.164. The van der Waals surface area contributed by atoms with Gasteiger partial charge in [-0.1, -0.05) is 13.3 Å². The van der Waals surface area contributed by atoms with E-state index < -0.39 is 23.5 Å². The summed E-state index contributed by atoms with van der Waals surface area (Å²) in [4.78, 5) is 25.0. The van der Waals surface area contributed by atoms with Crippen molar-refractivity contribution in [2.45, 2.75) is 38.8 Å². The highest BCUT2D eigenvalue weighted by atomic mass is 16.5. The summed E-state index contributed by atoms with van der Waals surface area (Å²) in [5, 5.41) is 29.2. The summed E-state index contributed by atoms with van der Waals surface area (Å²) < 4.78 is 5.30. The number of carbonyl (C=O) groups is 2. The number of aliphatic hydroxyl groups excluding tert-OH is 1. The maximum Gasteiger partial charge on any atom is 0.335 e. The summed E-state index contributed by atoms with van der Waals surface area (Å²) in [5.74, 6) is -1.45. The van der Waals surface area contributed by atoms with Crippen molar-refractivity contribution in [3.8, 4) is 5.75 Å². The number of hydrogen-bond acceptors (Lipinski definition) is 5. The number of ether oxygens (including phenoxy) is 1. The van der Waals surface area contributed by atoms with Gasteiger partial charge < -0.3 is 20.1 Å². The molecule has 2 rings (SSSR count). The predicted octanol–water partition coefficient (Wildman–Crippen LogP) is 1.83. The molecule has 3 N–H and O–H groups in total. The Kier molecular flexibility index (Phi) is 6.02. The van der Waals surface area contributed by atoms with Crippen molar-refractivity contribution in [1.29, 1.82) is 0 Å². The third-order valence-electron chi connectivity index (χ3n) is 4.91. The third kappa shape index (κ3) is 3.93. The van der Waals surface area contributed by atoms with Crippen molar-refractivity contribution < 1.29 is 29.6 Å². The molecule has 2 atom stereocenters. The second-order valence-electron chi connectivity index (χ2n) is 6.56. The monoisotopic (exact) mass is 351 g/mol. The number of carboxylic acid groups (broad SMARTS) is 2. The standard InChI is InChI=1S/C18H25NO6/c1-3-7-18(17(23)24)11-19(8-6-15(18)20)10-13-9-12(16(21)22)4-5-14(13)25-2/h4-5,9,15,20H,3,6-8,10-11H2,1-2H3,(H,21,22)(H,23,24)/t15-,18+/m0/s1. The first-order valence-electron chi connectivity index (χ1n) is 8.38. The zero-order chi connectivity index (χ0) is 18.6. The highest BCUT2D eigenvalue weighted by molar-refractivity contribution is 5.88. The smallest absolute Gasteiger partial charge is 0.335 e. The molecule has 0 spiro atoms. The Labute approximate surface area is 146 Å². The van der Waals surface area contributed by atoms with Gasteiger partial charge in [0.1, 0.15) is 11.2 Å². The van der Waals surface area contributed by atoms with E-state index in [1.807, 2.05) is 11.8 Å². The fourth-order valence-electron chi connectivity index (χ4n) is 3.58. The number of rotatable bonds is 7. The topological polar surface area (TPSA) is 107 Å². The van der Waals surface area contributed by atoms with Crippen LogP contribution in [0, 0.1) is 5.41 Å². The normalized spacial score (nSPS) is 24.0. The van der Waals surface area contributed by atoms with Gasteiger partial charge in [0, 0.05) is 25.2 Å². The molecule has 0 saturated carbocycles. The molecule has 0 aromatic heterocycles. The largest absolute Gasteiger partial charge is 0.496 e. The third-order valence-corrected chi connectivity index (χ3v) is 4.91. The van der Waals surface area contributed by atoms with Gasteiger partial charge >= 0.3 is 11.9 Å². The number of nitrogens with zero attached hydrogens (tertiary/aromatic N) is 1. The molecule has 138 valence electrons. The summed E-state index contributed by atoms with van der Waals surface area (Å²) in [6.45, 7) is 3.03. The highest BCUT2D eigenvalue weighted by Crippen LogP contribution is 2.36. The number of piperidine rings is 1. The molecule has 0 radical (unpaired) electrons. The quantitative estimate of drug-likeness (QED) is 0.688. The van der Waals surface area contributed by atoms with Gasteiger partial charge in [-0.15, -0.1) is 0 Å². The summed E-state index contributed by atoms with van der Waals surface area (Å²) in [5.41, 5.74) is -0.342. The summed E-state index contributed by atoms with van der Waals surface area (Å²) in [7, 11) is 1.51. The molecular weight excluding hydrogens is 326 g/mol. The van der Waals surface area contributed by atoms with Crippen molar-refractivity contribution in [2.24, 2.45) is 5.41 Å². The van der Waals surface area contributed by atoms with Crippen molar-refractivity contribution in [3.05, 3.63) is 29.3 Å². The number of methoxy groups -OCH3 is 1. The average Bonchev–Trinajstić information content (AvgIpc) is 2.57. The van der Waals surface area contributed by atoms with Crippen LogP contribution in [0.15, 0.2) is 18.2 Å². The molecule has 0 bridgehead atoms. The Morgan fingerprint density at radius 3 is 2.64 bits per heavy atom. The van der Waals surface area contributed by atoms with E-state index in [0.717, 1.165) is 0 Å². The van der Waals surface area contributed by atoms with Gasteiger partial charge in [0.05, 0.1) is 18.8 Å². The molecule has 1 aromatic rings. The van der Waals surface area contributed by atoms with E-state index in [2.05, 4.69) is 0 Å². The van der Waals surface area contributed by atoms with Gasteiger partial charge in [-0.2, -0.15) is 0 Å². The molecule has 0 aliphatic carbocycles. The van der Waals surface area contributed by atoms with Crippen molar-refractivity contribution in [1.82, 2.24) is 4.90 Å². The Morgan fingerprint density at radius 2 is 2.08 bits per heavy atom. The zero-order valence-electron chi connectivity index (χ0n) is 14.6. The van der Waals surface area contributed by atoms with Crippen LogP contribution in [-0.2, 0) is 11.3 Å². The molecule has 25 heavy (non-hydrogen) atoms. The van der Waals surface area contributed by atoms with E-state index >= 15 is 0 Å². The fraction of sp³-hybridized carbons (Fsp3) is 0.556. The molecular formula is C18H25NO6. The van der Waals surface area contributed by atoms with Crippen LogP contribution < -0.4 is 4.74 Å². The molecule has 1 aliphatic rings. The van der Waals surface area contributed by atoms with E-state index in [-0.39, 0.29) is 12.1 Å². The number of benzene rings is 1. The predicted molar refractivity (Wildman–Crippen MR) is 90.8 cm³/mol. The van der Waals surface area contributed by atoms with Crippen LogP contribution in [0.3, 0.4) is 0 Å². The van der Waals surface area contributed by atoms with Crippen molar-refractivity contribution in [3.63, 3.8) is 0 Å². The zero-order valence-corrected chi connectivity index (χ0v) is 14.6. The lowest BCUT2D eigenvalue weighted by atomic mass is 9.74. The van der Waals surface area contributed by atoms with E-state index in [4.69, 9.17) is 4.74 Å². The van der Waals surface area contributed by atoms with Gasteiger partial charge in [0.15, 0.2) is 0 Å². The number of carboxylic acids is 2. The molecule has 1 aliphatic heterocycles. The van der Waals surface area contributed by atoms with Crippen LogP contribution >= 0.6 is 0 Å². The van der Waals surface area contributed by atoms with Gasteiger partial charge in [-0.05, 0) is 31.0 Å². The SMILES string of the molecule is CCC[C@@]1(C(=O)O)CN(Cc2cc(C(=O)O)ccc2OC)CC[C@@H]1O. The van der Waals surface area contributed by atoms with Crippen LogP contribution in [0.1, 0.15) is 42.1 Å². The summed E-state index contributed by atoms with van der Waals surface area (Å²) in [6, 6.07) is 4.63. The van der Waals surface area contributed by atoms with E-state index in [1.54, 1.807) is 12.1 Å². The van der Waals surface area contributed by atoms with Gasteiger partial charge in [-0.25, -0.2) is 4.79 Å². The molecule has 1 fully saturated rings. The average molecular weight is 351 g/mol. The fourth-order valence-corrected chi connectivity index (χ4v) is 3.58. The van der Waals surface area contributed by atoms with E-state index in [0.29, 0.717) is 43.7 Å². The lowest BCUT2D eigenvalue weighted by Gasteiger charge is -2.43. The lowest BCUT2D eigenvalue weighted by Crippen LogP contribution is -2.55. The van der Waals surface area contributed by atoms with Crippen LogP contribution in [0.4, 0.5) is 0 Å². The summed E-state index contributed by atoms with van der Waals surface area (Å²) in [6.07, 6.45) is 0.544. The Balaban J connectivity index is 2.27. The number of aromatic carboxylic acids is 1. The van der Waals surface area contributed by atoms with E-state index in [1.165, 1.54) is 13.2 Å². The Hall–Kier alpha value is -2.12. The highest BCUT2D eigenvalue weighted by Gasteiger charge is 2.48. The first-order chi connectivity index (χ1) is 11.8. The maximum atomic E-state index is 11.9. The molecule has 0 unspecified atom stereocenters. The molecule has 1 aromatic carbocycles. The number of hydrogen-bond donors (Lipinski definition) is 3. The van der Waals surface area contributed by atoms with Crippen LogP contribution in [-0.4, -0.2) is 58.5 Å². The van der Waals surface area contributed by atoms with Gasteiger partial charge in [-0.3, -0.25) is 9.69 Å². The van der Waals surface area contributed by atoms with E-state index in [9.17, 15) is 24.9 Å². The molecule has 7 heteroatoms. The van der Waals surface area contributed by atoms with Crippen LogP contribution in [0.2, 0.25) is 0 Å². The number of aliphatic hydroxyl groups is 1. The van der Waals surface area contributed by atoms with Crippen LogP contribution in [0.25, 0.3) is 0 Å². The molecule has 1 heterocycles. The first-order valence-corrected chi connectivity index (χ1v) is 8.38. The van der Waals surface area contributed by atoms with Gasteiger partial charge in [0.2, 0.25) is 0 Å². The minimum atomic E-state index is -1.19. The minimum absolute atomic E-state index is 0.158. The minimum Gasteiger partial charge on any atom is -0.496 e. The maximum absolute atomic E-state index is 11.9. The Bertz CT molecular complexity index is 646. The van der Waals surface area contributed by atoms with Gasteiger partial charge in [0.25, 0.3) is 0 Å². The summed E-state index contributed by atoms with van der Waals surface area (Å²) >= 11 is 0. The molecule has 1 saturated heterocycles. The van der Waals surface area contributed by atoms with Crippen LogP contribution in [0.5, 0.6) is 5.75 Å². The first kappa shape index (κ1) is 19.2. The second-order valence-corrected chi connectivity index (χ2v) is 6.56. The Morgan fingerprint density at radius 1 is 1.36 bits per heavy atom. The molecule has 7 nitrogen and oxygen atoms in total.